The number of rotatable bonds is 10. The Kier molecular flexibility index (Phi) is 8.21. The Morgan fingerprint density at radius 3 is 1.52 bits per heavy atom. The molecule has 4 nitrogen and oxygen atoms in total. The highest BCUT2D eigenvalue weighted by Gasteiger charge is 2.48. The molecule has 0 unspecified atom stereocenters. The standard InChI is InChI=1S/C35H30N2O2S/c36-27-35(30-20-10-3-11-21-30,31-22-12-4-13-23-31)34(29-18-8-2-9-19-29)33(26-28-16-6-1-7-17-28)37-40(38,39)32-24-14-5-15-25-32/h1-25,33-34,37H,26H2/t33-,34+/m0/s1. The third-order valence-corrected chi connectivity index (χ3v) is 8.83. The van der Waals surface area contributed by atoms with E-state index in [1.807, 2.05) is 121 Å². The summed E-state index contributed by atoms with van der Waals surface area (Å²) in [5.41, 5.74) is 2.23. The van der Waals surface area contributed by atoms with E-state index in [1.54, 1.807) is 30.3 Å². The van der Waals surface area contributed by atoms with Gasteiger partial charge in [0.2, 0.25) is 10.0 Å². The predicted molar refractivity (Wildman–Crippen MR) is 159 cm³/mol. The summed E-state index contributed by atoms with van der Waals surface area (Å²) in [5.74, 6) is -0.581. The van der Waals surface area contributed by atoms with Gasteiger partial charge in [0.1, 0.15) is 5.41 Å². The molecule has 2 atom stereocenters. The molecular weight excluding hydrogens is 512 g/mol. The smallest absolute Gasteiger partial charge is 0.207 e. The molecule has 198 valence electrons. The van der Waals surface area contributed by atoms with E-state index in [0.29, 0.717) is 6.42 Å². The van der Waals surface area contributed by atoms with Crippen molar-refractivity contribution in [3.05, 3.63) is 174 Å². The van der Waals surface area contributed by atoms with Crippen molar-refractivity contribution in [2.75, 3.05) is 0 Å². The van der Waals surface area contributed by atoms with Crippen LogP contribution < -0.4 is 4.72 Å². The second kappa shape index (κ2) is 12.1. The first-order valence-electron chi connectivity index (χ1n) is 13.2. The van der Waals surface area contributed by atoms with Gasteiger partial charge in [0.15, 0.2) is 0 Å². The summed E-state index contributed by atoms with van der Waals surface area (Å²) < 4.78 is 30.8. The molecule has 0 radical (unpaired) electrons. The van der Waals surface area contributed by atoms with Crippen LogP contribution in [0.4, 0.5) is 0 Å². The number of benzene rings is 5. The van der Waals surface area contributed by atoms with E-state index in [0.717, 1.165) is 22.3 Å². The summed E-state index contributed by atoms with van der Waals surface area (Å²) in [6, 6.07) is 49.4. The fourth-order valence-electron chi connectivity index (χ4n) is 5.53. The maximum atomic E-state index is 13.9. The second-order valence-electron chi connectivity index (χ2n) is 9.77. The third kappa shape index (κ3) is 5.60. The van der Waals surface area contributed by atoms with Gasteiger partial charge < -0.3 is 0 Å². The van der Waals surface area contributed by atoms with E-state index in [-0.39, 0.29) is 4.90 Å². The van der Waals surface area contributed by atoms with Crippen LogP contribution in [0.5, 0.6) is 0 Å². The zero-order valence-electron chi connectivity index (χ0n) is 22.0. The lowest BCUT2D eigenvalue weighted by Crippen LogP contribution is -2.49. The minimum atomic E-state index is -3.92. The summed E-state index contributed by atoms with van der Waals surface area (Å²) in [7, 11) is -3.92. The highest BCUT2D eigenvalue weighted by atomic mass is 32.2. The van der Waals surface area contributed by atoms with Gasteiger partial charge >= 0.3 is 0 Å². The lowest BCUT2D eigenvalue weighted by atomic mass is 9.61. The molecule has 0 aliphatic heterocycles. The Labute approximate surface area is 236 Å². The maximum Gasteiger partial charge on any atom is 0.240 e. The van der Waals surface area contributed by atoms with Crippen LogP contribution in [0.15, 0.2) is 157 Å². The van der Waals surface area contributed by atoms with Crippen LogP contribution in [-0.2, 0) is 21.9 Å². The Hall–Kier alpha value is -4.50. The molecule has 0 aliphatic carbocycles. The Morgan fingerprint density at radius 2 is 1.05 bits per heavy atom. The first kappa shape index (κ1) is 27.1. The van der Waals surface area contributed by atoms with Gasteiger partial charge in [0, 0.05) is 12.0 Å². The zero-order valence-corrected chi connectivity index (χ0v) is 22.8. The number of hydrogen-bond acceptors (Lipinski definition) is 3. The van der Waals surface area contributed by atoms with Gasteiger partial charge in [0.05, 0.1) is 11.0 Å². The molecule has 0 aliphatic rings. The van der Waals surface area contributed by atoms with Crippen molar-refractivity contribution >= 4 is 10.0 Å². The lowest BCUT2D eigenvalue weighted by Gasteiger charge is -2.41. The number of hydrogen-bond donors (Lipinski definition) is 1. The summed E-state index contributed by atoms with van der Waals surface area (Å²) in [5, 5.41) is 11.2. The number of nitrogens with one attached hydrogen (secondary N) is 1. The normalized spacial score (nSPS) is 13.2. The molecular formula is C35H30N2O2S. The molecule has 0 aromatic heterocycles. The van der Waals surface area contributed by atoms with Crippen LogP contribution in [0.2, 0.25) is 0 Å². The third-order valence-electron chi connectivity index (χ3n) is 7.32. The van der Waals surface area contributed by atoms with Crippen LogP contribution in [0.1, 0.15) is 28.2 Å². The van der Waals surface area contributed by atoms with Gasteiger partial charge in [-0.3, -0.25) is 0 Å². The minimum Gasteiger partial charge on any atom is -0.207 e. The molecule has 0 saturated carbocycles. The average molecular weight is 543 g/mol. The molecule has 5 aromatic carbocycles. The second-order valence-corrected chi connectivity index (χ2v) is 11.5. The minimum absolute atomic E-state index is 0.182. The molecule has 0 saturated heterocycles. The molecule has 40 heavy (non-hydrogen) atoms. The van der Waals surface area contributed by atoms with E-state index in [1.165, 1.54) is 0 Å². The van der Waals surface area contributed by atoms with Crippen molar-refractivity contribution in [3.63, 3.8) is 0 Å². The monoisotopic (exact) mass is 542 g/mol. The zero-order chi connectivity index (χ0) is 27.8. The predicted octanol–water partition coefficient (Wildman–Crippen LogP) is 6.87. The number of nitriles is 1. The number of sulfonamides is 1. The van der Waals surface area contributed by atoms with Crippen molar-refractivity contribution in [3.8, 4) is 6.07 Å². The van der Waals surface area contributed by atoms with E-state index in [9.17, 15) is 13.7 Å². The fraction of sp³-hybridized carbons (Fsp3) is 0.114. The van der Waals surface area contributed by atoms with Gasteiger partial charge in [-0.1, -0.05) is 140 Å². The summed E-state index contributed by atoms with van der Waals surface area (Å²) in [6.07, 6.45) is 0.384. The van der Waals surface area contributed by atoms with E-state index in [2.05, 4.69) is 10.8 Å². The first-order valence-corrected chi connectivity index (χ1v) is 14.7. The average Bonchev–Trinajstić information content (AvgIpc) is 3.02. The molecule has 5 heteroatoms. The summed E-state index contributed by atoms with van der Waals surface area (Å²) >= 11 is 0. The number of nitrogens with zero attached hydrogens (tertiary/aromatic N) is 1. The van der Waals surface area contributed by atoms with Crippen molar-refractivity contribution < 1.29 is 8.42 Å². The topological polar surface area (TPSA) is 70.0 Å². The molecule has 5 aromatic rings. The SMILES string of the molecule is N#CC(c1ccccc1)(c1ccccc1)[C@H](c1ccccc1)[C@H](Cc1ccccc1)NS(=O)(=O)c1ccccc1. The van der Waals surface area contributed by atoms with Crippen molar-refractivity contribution in [1.29, 1.82) is 5.26 Å². The van der Waals surface area contributed by atoms with Crippen LogP contribution in [0.3, 0.4) is 0 Å². The van der Waals surface area contributed by atoms with E-state index < -0.39 is 27.4 Å². The Bertz CT molecular complexity index is 1610. The van der Waals surface area contributed by atoms with E-state index in [4.69, 9.17) is 0 Å². The van der Waals surface area contributed by atoms with E-state index >= 15 is 0 Å². The molecule has 0 fully saturated rings. The Balaban J connectivity index is 1.78. The largest absolute Gasteiger partial charge is 0.240 e. The molecule has 0 spiro atoms. The molecule has 0 bridgehead atoms. The van der Waals surface area contributed by atoms with Crippen LogP contribution in [0.25, 0.3) is 0 Å². The summed E-state index contributed by atoms with van der Waals surface area (Å²) in [6.45, 7) is 0. The molecule has 0 heterocycles. The van der Waals surface area contributed by atoms with Crippen LogP contribution >= 0.6 is 0 Å². The Morgan fingerprint density at radius 1 is 0.625 bits per heavy atom. The van der Waals surface area contributed by atoms with Gasteiger partial charge in [-0.2, -0.15) is 5.26 Å². The first-order chi connectivity index (χ1) is 19.5. The van der Waals surface area contributed by atoms with Gasteiger partial charge in [0.25, 0.3) is 0 Å². The van der Waals surface area contributed by atoms with Crippen LogP contribution in [0, 0.1) is 11.3 Å². The molecule has 0 amide bonds. The van der Waals surface area contributed by atoms with Crippen molar-refractivity contribution in [2.45, 2.75) is 28.7 Å². The van der Waals surface area contributed by atoms with Crippen molar-refractivity contribution in [2.24, 2.45) is 0 Å². The van der Waals surface area contributed by atoms with Gasteiger partial charge in [-0.05, 0) is 40.8 Å². The maximum absolute atomic E-state index is 13.9. The highest BCUT2D eigenvalue weighted by Crippen LogP contribution is 2.47. The van der Waals surface area contributed by atoms with Gasteiger partial charge in [-0.25, -0.2) is 13.1 Å². The highest BCUT2D eigenvalue weighted by molar-refractivity contribution is 7.89. The summed E-state index contributed by atoms with van der Waals surface area (Å²) in [4.78, 5) is 0.182. The molecule has 1 N–H and O–H groups in total. The van der Waals surface area contributed by atoms with Crippen molar-refractivity contribution in [1.82, 2.24) is 4.72 Å². The molecule has 5 rings (SSSR count). The van der Waals surface area contributed by atoms with Crippen LogP contribution in [-0.4, -0.2) is 14.5 Å². The quantitative estimate of drug-likeness (QED) is 0.209. The fourth-order valence-corrected chi connectivity index (χ4v) is 6.80. The van der Waals surface area contributed by atoms with Gasteiger partial charge in [-0.15, -0.1) is 0 Å². The lowest BCUT2D eigenvalue weighted by molar-refractivity contribution is 0.393.